The van der Waals surface area contributed by atoms with Crippen molar-refractivity contribution in [3.63, 3.8) is 0 Å². The lowest BCUT2D eigenvalue weighted by Crippen LogP contribution is -2.32. The molecule has 1 atom stereocenters. The normalized spacial score (nSPS) is 20.0. The Morgan fingerprint density at radius 1 is 1.60 bits per heavy atom. The minimum atomic E-state index is 0.572. The van der Waals surface area contributed by atoms with Crippen molar-refractivity contribution in [2.75, 3.05) is 11.9 Å². The number of nitrogens with one attached hydrogen (secondary N) is 2. The third-order valence-electron chi connectivity index (χ3n) is 2.70. The highest BCUT2D eigenvalue weighted by Crippen LogP contribution is 2.26. The van der Waals surface area contributed by atoms with E-state index < -0.39 is 0 Å². The topological polar surface area (TPSA) is 37.0 Å². The minimum absolute atomic E-state index is 0.572. The first kappa shape index (κ1) is 10.9. The van der Waals surface area contributed by atoms with E-state index in [2.05, 4.69) is 29.5 Å². The zero-order valence-corrected chi connectivity index (χ0v) is 10.3. The molecule has 0 spiro atoms. The molecule has 0 radical (unpaired) electrons. The van der Waals surface area contributed by atoms with Crippen LogP contribution in [-0.4, -0.2) is 17.6 Å². The first-order valence-corrected chi connectivity index (χ1v) is 6.57. The molecule has 1 aromatic rings. The molecular weight excluding hydrogens is 206 g/mol. The predicted octanol–water partition coefficient (Wildman–Crippen LogP) is 2.39. The molecule has 3 nitrogen and oxygen atoms in total. The van der Waals surface area contributed by atoms with E-state index in [0.29, 0.717) is 6.04 Å². The van der Waals surface area contributed by atoms with Crippen molar-refractivity contribution in [3.05, 3.63) is 10.6 Å². The smallest absolute Gasteiger partial charge is 0.183 e. The Bertz CT molecular complexity index is 322. The third-order valence-corrected chi connectivity index (χ3v) is 3.75. The van der Waals surface area contributed by atoms with Crippen molar-refractivity contribution in [2.45, 2.75) is 45.7 Å². The van der Waals surface area contributed by atoms with E-state index in [1.807, 2.05) is 0 Å². The first-order valence-electron chi connectivity index (χ1n) is 5.75. The first-order chi connectivity index (χ1) is 7.29. The van der Waals surface area contributed by atoms with Crippen molar-refractivity contribution in [3.8, 4) is 0 Å². The Hall–Kier alpha value is -0.610. The van der Waals surface area contributed by atoms with Crippen LogP contribution in [0, 0.1) is 0 Å². The van der Waals surface area contributed by atoms with Gasteiger partial charge in [0.25, 0.3) is 0 Å². The van der Waals surface area contributed by atoms with Crippen LogP contribution < -0.4 is 10.6 Å². The maximum absolute atomic E-state index is 4.64. The lowest BCUT2D eigenvalue weighted by atomic mass is 10.1. The molecule has 84 valence electrons. The lowest BCUT2D eigenvalue weighted by Gasteiger charge is -2.17. The molecule has 4 heteroatoms. The van der Waals surface area contributed by atoms with Crippen LogP contribution in [0.3, 0.4) is 0 Å². The highest BCUT2D eigenvalue weighted by Gasteiger charge is 2.18. The van der Waals surface area contributed by atoms with E-state index in [0.717, 1.165) is 24.6 Å². The maximum Gasteiger partial charge on any atom is 0.183 e. The number of nitrogens with zero attached hydrogens (tertiary/aromatic N) is 1. The summed E-state index contributed by atoms with van der Waals surface area (Å²) in [7, 11) is 0. The summed E-state index contributed by atoms with van der Waals surface area (Å²) in [5, 5.41) is 7.96. The zero-order valence-electron chi connectivity index (χ0n) is 9.47. The van der Waals surface area contributed by atoms with Crippen molar-refractivity contribution in [2.24, 2.45) is 0 Å². The fourth-order valence-corrected chi connectivity index (χ4v) is 2.72. The van der Waals surface area contributed by atoms with Gasteiger partial charge in [0.15, 0.2) is 5.13 Å². The van der Waals surface area contributed by atoms with Crippen LogP contribution in [0.25, 0.3) is 0 Å². The number of hydrogen-bond donors (Lipinski definition) is 2. The Balaban J connectivity index is 1.96. The van der Waals surface area contributed by atoms with Gasteiger partial charge in [-0.15, -0.1) is 11.3 Å². The fraction of sp³-hybridized carbons (Fsp3) is 0.727. The third kappa shape index (κ3) is 2.69. The van der Waals surface area contributed by atoms with Gasteiger partial charge in [0.2, 0.25) is 0 Å². The van der Waals surface area contributed by atoms with Gasteiger partial charge in [0, 0.05) is 30.4 Å². The highest BCUT2D eigenvalue weighted by molar-refractivity contribution is 7.15. The summed E-state index contributed by atoms with van der Waals surface area (Å²) in [5.41, 5.74) is 1.30. The summed E-state index contributed by atoms with van der Waals surface area (Å²) in [6.07, 6.45) is 3.52. The van der Waals surface area contributed by atoms with Gasteiger partial charge in [0.1, 0.15) is 0 Å². The molecule has 0 fully saturated rings. The molecule has 2 rings (SSSR count). The molecule has 0 saturated carbocycles. The van der Waals surface area contributed by atoms with Gasteiger partial charge in [-0.1, -0.05) is 13.3 Å². The Morgan fingerprint density at radius 2 is 2.47 bits per heavy atom. The molecule has 0 bridgehead atoms. The summed E-state index contributed by atoms with van der Waals surface area (Å²) >= 11 is 1.80. The van der Waals surface area contributed by atoms with Gasteiger partial charge in [-0.25, -0.2) is 4.98 Å². The molecule has 0 unspecified atom stereocenters. The Labute approximate surface area is 95.3 Å². The summed E-state index contributed by atoms with van der Waals surface area (Å²) in [6.45, 7) is 6.46. The zero-order chi connectivity index (χ0) is 10.7. The number of rotatable bonds is 4. The highest BCUT2D eigenvalue weighted by atomic mass is 32.1. The monoisotopic (exact) mass is 225 g/mol. The minimum Gasteiger partial charge on any atom is -0.362 e. The van der Waals surface area contributed by atoms with Crippen LogP contribution in [0.1, 0.15) is 37.3 Å². The van der Waals surface area contributed by atoms with Crippen LogP contribution >= 0.6 is 11.3 Å². The average molecular weight is 225 g/mol. The van der Waals surface area contributed by atoms with E-state index in [-0.39, 0.29) is 0 Å². The SMILES string of the molecule is CCCCNc1nc2c(s1)CN[C@H](C)C2. The largest absolute Gasteiger partial charge is 0.362 e. The van der Waals surface area contributed by atoms with Crippen molar-refractivity contribution in [1.29, 1.82) is 0 Å². The molecule has 0 amide bonds. The number of thiazole rings is 1. The summed E-state index contributed by atoms with van der Waals surface area (Å²) in [6, 6.07) is 0.572. The quantitative estimate of drug-likeness (QED) is 0.773. The van der Waals surface area contributed by atoms with Gasteiger partial charge in [-0.2, -0.15) is 0 Å². The number of unbranched alkanes of at least 4 members (excludes halogenated alkanes) is 1. The molecule has 1 aromatic heterocycles. The second-order valence-electron chi connectivity index (χ2n) is 4.16. The molecule has 0 saturated heterocycles. The number of fused-ring (bicyclic) bond motifs is 1. The Kier molecular flexibility index (Phi) is 3.59. The number of hydrogen-bond acceptors (Lipinski definition) is 4. The molecule has 1 aliphatic rings. The summed E-state index contributed by atoms with van der Waals surface area (Å²) in [5.74, 6) is 0. The second kappa shape index (κ2) is 4.94. The van der Waals surface area contributed by atoms with Gasteiger partial charge >= 0.3 is 0 Å². The molecule has 2 heterocycles. The van der Waals surface area contributed by atoms with Crippen molar-refractivity contribution in [1.82, 2.24) is 10.3 Å². The van der Waals surface area contributed by atoms with Crippen molar-refractivity contribution >= 4 is 16.5 Å². The molecule has 0 aromatic carbocycles. The van der Waals surface area contributed by atoms with Crippen LogP contribution in [-0.2, 0) is 13.0 Å². The van der Waals surface area contributed by atoms with Crippen LogP contribution in [0.15, 0.2) is 0 Å². The Morgan fingerprint density at radius 3 is 3.27 bits per heavy atom. The van der Waals surface area contributed by atoms with Gasteiger partial charge < -0.3 is 10.6 Å². The van der Waals surface area contributed by atoms with E-state index in [4.69, 9.17) is 0 Å². The van der Waals surface area contributed by atoms with E-state index >= 15 is 0 Å². The number of anilines is 1. The standard InChI is InChI=1S/C11H19N3S/c1-3-4-5-12-11-14-9-6-8(2)13-7-10(9)15-11/h8,13H,3-7H2,1-2H3,(H,12,14)/t8-/m1/s1. The molecule has 1 aliphatic heterocycles. The van der Waals surface area contributed by atoms with E-state index in [1.54, 1.807) is 11.3 Å². The van der Waals surface area contributed by atoms with Gasteiger partial charge in [0.05, 0.1) is 5.69 Å². The predicted molar refractivity (Wildman–Crippen MR) is 65.5 cm³/mol. The van der Waals surface area contributed by atoms with Gasteiger partial charge in [-0.3, -0.25) is 0 Å². The molecule has 2 N–H and O–H groups in total. The van der Waals surface area contributed by atoms with E-state index in [9.17, 15) is 0 Å². The van der Waals surface area contributed by atoms with Gasteiger partial charge in [-0.05, 0) is 13.3 Å². The summed E-state index contributed by atoms with van der Waals surface area (Å²) < 4.78 is 0. The fourth-order valence-electron chi connectivity index (χ4n) is 1.76. The maximum atomic E-state index is 4.64. The lowest BCUT2D eigenvalue weighted by molar-refractivity contribution is 0.513. The van der Waals surface area contributed by atoms with Crippen LogP contribution in [0.4, 0.5) is 5.13 Å². The molecule has 0 aliphatic carbocycles. The summed E-state index contributed by atoms with van der Waals surface area (Å²) in [4.78, 5) is 6.05. The number of aromatic nitrogens is 1. The van der Waals surface area contributed by atoms with Crippen LogP contribution in [0.2, 0.25) is 0 Å². The van der Waals surface area contributed by atoms with Crippen molar-refractivity contribution < 1.29 is 0 Å². The molecular formula is C11H19N3S. The molecule has 15 heavy (non-hydrogen) atoms. The average Bonchev–Trinajstić information content (AvgIpc) is 2.60. The van der Waals surface area contributed by atoms with E-state index in [1.165, 1.54) is 23.4 Å². The second-order valence-corrected chi connectivity index (χ2v) is 5.24. The van der Waals surface area contributed by atoms with Crippen LogP contribution in [0.5, 0.6) is 0 Å².